The average molecular weight is 467 g/mol. The summed E-state index contributed by atoms with van der Waals surface area (Å²) >= 11 is 0.646. The predicted octanol–water partition coefficient (Wildman–Crippen LogP) is 3.47. The molecule has 7 nitrogen and oxygen atoms in total. The zero-order valence-electron chi connectivity index (χ0n) is 19.5. The maximum Gasteiger partial charge on any atom is 0.220 e. The van der Waals surface area contributed by atoms with Crippen LogP contribution in [0, 0.1) is 0 Å². The molecular formula is C21H43N2O5PS. The van der Waals surface area contributed by atoms with Gasteiger partial charge in [0.25, 0.3) is 0 Å². The lowest BCUT2D eigenvalue weighted by Crippen LogP contribution is -2.44. The Labute approximate surface area is 187 Å². The van der Waals surface area contributed by atoms with Crippen molar-refractivity contribution < 1.29 is 28.4 Å². The molecule has 3 atom stereocenters. The summed E-state index contributed by atoms with van der Waals surface area (Å²) in [7, 11) is 5.87. The maximum atomic E-state index is 12.2. The standard InChI is InChI=1S/C21H43N2O5PS/c1-6-8-10-11-13-14-20(24)19(22-21(25)15-12-9-7-2)18-30-29(26,27)28-17-16-23(3,4)5/h13-14,19-20,24H,6-12,15-18H2,1-5H3,(H-,22,25,26,27)/b14-13+/t19-,20+/m0/s1. The molecule has 0 radical (unpaired) electrons. The summed E-state index contributed by atoms with van der Waals surface area (Å²) < 4.78 is 17.9. The molecule has 0 aliphatic carbocycles. The average Bonchev–Trinajstić information content (AvgIpc) is 2.63. The molecule has 0 aromatic heterocycles. The Morgan fingerprint density at radius 3 is 2.43 bits per heavy atom. The molecule has 0 fully saturated rings. The summed E-state index contributed by atoms with van der Waals surface area (Å²) in [5.74, 6) is -0.135. The van der Waals surface area contributed by atoms with E-state index < -0.39 is 18.9 Å². The second kappa shape index (κ2) is 16.3. The zero-order chi connectivity index (χ0) is 23.0. The van der Waals surface area contributed by atoms with E-state index >= 15 is 0 Å². The molecule has 2 N–H and O–H groups in total. The lowest BCUT2D eigenvalue weighted by molar-refractivity contribution is -0.870. The lowest BCUT2D eigenvalue weighted by atomic mass is 10.1. The number of nitrogens with one attached hydrogen (secondary N) is 1. The van der Waals surface area contributed by atoms with Crippen LogP contribution in [0.15, 0.2) is 12.2 Å². The fourth-order valence-electron chi connectivity index (χ4n) is 2.56. The molecular weight excluding hydrogens is 423 g/mol. The Kier molecular flexibility index (Phi) is 16.1. The zero-order valence-corrected chi connectivity index (χ0v) is 21.2. The van der Waals surface area contributed by atoms with Gasteiger partial charge >= 0.3 is 0 Å². The minimum Gasteiger partial charge on any atom is -0.770 e. The van der Waals surface area contributed by atoms with Crippen LogP contribution in [0.25, 0.3) is 0 Å². The number of aliphatic hydroxyl groups is 1. The first-order chi connectivity index (χ1) is 14.0. The van der Waals surface area contributed by atoms with Crippen molar-refractivity contribution in [3.05, 3.63) is 12.2 Å². The third-order valence-electron chi connectivity index (χ3n) is 4.50. The van der Waals surface area contributed by atoms with Crippen LogP contribution >= 0.6 is 18.2 Å². The lowest BCUT2D eigenvalue weighted by Gasteiger charge is -2.29. The first kappa shape index (κ1) is 29.6. The third kappa shape index (κ3) is 17.3. The Bertz CT molecular complexity index is 540. The number of nitrogens with zero attached hydrogens (tertiary/aromatic N) is 1. The third-order valence-corrected chi connectivity index (χ3v) is 7.53. The van der Waals surface area contributed by atoms with Gasteiger partial charge in [0.2, 0.25) is 5.91 Å². The predicted molar refractivity (Wildman–Crippen MR) is 124 cm³/mol. The number of aliphatic hydroxyl groups excluding tert-OH is 1. The fraction of sp³-hybridized carbons (Fsp3) is 0.857. The Hall–Kier alpha value is -0.370. The van der Waals surface area contributed by atoms with Gasteiger partial charge in [-0.15, -0.1) is 0 Å². The van der Waals surface area contributed by atoms with Gasteiger partial charge in [-0.1, -0.05) is 63.1 Å². The van der Waals surface area contributed by atoms with Crippen LogP contribution in [0.4, 0.5) is 0 Å². The van der Waals surface area contributed by atoms with E-state index in [1.54, 1.807) is 6.08 Å². The van der Waals surface area contributed by atoms with E-state index in [0.29, 0.717) is 28.8 Å². The van der Waals surface area contributed by atoms with Gasteiger partial charge in [-0.25, -0.2) is 0 Å². The van der Waals surface area contributed by atoms with Gasteiger partial charge in [0.15, 0.2) is 6.80 Å². The number of allylic oxidation sites excluding steroid dienone is 1. The van der Waals surface area contributed by atoms with Gasteiger partial charge in [0.05, 0.1) is 33.3 Å². The van der Waals surface area contributed by atoms with Gasteiger partial charge < -0.3 is 24.3 Å². The molecule has 9 heteroatoms. The molecule has 0 aromatic rings. The highest BCUT2D eigenvalue weighted by atomic mass is 32.7. The molecule has 0 saturated carbocycles. The summed E-state index contributed by atoms with van der Waals surface area (Å²) in [6.07, 6.45) is 9.87. The van der Waals surface area contributed by atoms with Crippen molar-refractivity contribution in [1.82, 2.24) is 5.32 Å². The molecule has 178 valence electrons. The second-order valence-electron chi connectivity index (χ2n) is 8.64. The molecule has 0 saturated heterocycles. The SMILES string of the molecule is CCCCC/C=C/[C@@H](O)[C@H](CSP(=O)([O-])OCC[N+](C)(C)C)NC(=O)CCCCC. The summed E-state index contributed by atoms with van der Waals surface area (Å²) in [6.45, 7) is 0.746. The van der Waals surface area contributed by atoms with Crippen LogP contribution < -0.4 is 10.2 Å². The largest absolute Gasteiger partial charge is 0.770 e. The van der Waals surface area contributed by atoms with E-state index in [9.17, 15) is 19.4 Å². The fourth-order valence-corrected chi connectivity index (χ4v) is 5.04. The van der Waals surface area contributed by atoms with Gasteiger partial charge in [0, 0.05) is 12.2 Å². The van der Waals surface area contributed by atoms with Crippen molar-refractivity contribution in [3.63, 3.8) is 0 Å². The highest BCUT2D eigenvalue weighted by Crippen LogP contribution is 2.51. The number of carbonyl (C=O) groups excluding carboxylic acids is 1. The van der Waals surface area contributed by atoms with E-state index in [2.05, 4.69) is 19.2 Å². The van der Waals surface area contributed by atoms with Gasteiger partial charge in [0.1, 0.15) is 13.2 Å². The van der Waals surface area contributed by atoms with E-state index in [4.69, 9.17) is 4.52 Å². The molecule has 0 spiro atoms. The Balaban J connectivity index is 4.80. The smallest absolute Gasteiger partial charge is 0.220 e. The highest BCUT2D eigenvalue weighted by Gasteiger charge is 2.22. The monoisotopic (exact) mass is 466 g/mol. The molecule has 0 heterocycles. The van der Waals surface area contributed by atoms with Gasteiger partial charge in [-0.05, 0) is 19.3 Å². The van der Waals surface area contributed by atoms with Gasteiger partial charge in [-0.2, -0.15) is 0 Å². The topological polar surface area (TPSA) is 98.7 Å². The van der Waals surface area contributed by atoms with Crippen molar-refractivity contribution in [2.24, 2.45) is 0 Å². The van der Waals surface area contributed by atoms with Crippen LogP contribution in [0.3, 0.4) is 0 Å². The molecule has 0 bridgehead atoms. The summed E-state index contributed by atoms with van der Waals surface area (Å²) in [5.41, 5.74) is 0. The number of hydrogen-bond acceptors (Lipinski definition) is 6. The number of rotatable bonds is 18. The number of likely N-dealkylation sites (N-methyl/N-ethyl adjacent to an activating group) is 1. The molecule has 0 aliphatic rings. The van der Waals surface area contributed by atoms with E-state index in [0.717, 1.165) is 44.9 Å². The maximum absolute atomic E-state index is 12.2. The number of amides is 1. The van der Waals surface area contributed by atoms with Crippen molar-refractivity contribution in [3.8, 4) is 0 Å². The molecule has 0 aliphatic heterocycles. The molecule has 1 unspecified atom stereocenters. The molecule has 0 aromatic carbocycles. The summed E-state index contributed by atoms with van der Waals surface area (Å²) in [5, 5.41) is 13.3. The number of carbonyl (C=O) groups is 1. The second-order valence-corrected chi connectivity index (χ2v) is 12.5. The van der Waals surface area contributed by atoms with E-state index in [1.807, 2.05) is 27.2 Å². The van der Waals surface area contributed by atoms with Crippen LogP contribution in [-0.2, 0) is 13.9 Å². The summed E-state index contributed by atoms with van der Waals surface area (Å²) in [4.78, 5) is 24.4. The number of hydrogen-bond donors (Lipinski definition) is 2. The highest BCUT2D eigenvalue weighted by molar-refractivity contribution is 8.54. The van der Waals surface area contributed by atoms with Crippen LogP contribution in [-0.4, -0.2) is 67.7 Å². The number of quaternary nitrogens is 1. The van der Waals surface area contributed by atoms with E-state index in [-0.39, 0.29) is 18.3 Å². The molecule has 1 amide bonds. The van der Waals surface area contributed by atoms with Crippen LogP contribution in [0.5, 0.6) is 0 Å². The normalized spacial score (nSPS) is 16.4. The molecule has 0 rings (SSSR count). The quantitative estimate of drug-likeness (QED) is 0.139. The Morgan fingerprint density at radius 2 is 1.83 bits per heavy atom. The minimum atomic E-state index is -4.11. The summed E-state index contributed by atoms with van der Waals surface area (Å²) in [6, 6.07) is -0.684. The van der Waals surface area contributed by atoms with E-state index in [1.165, 1.54) is 0 Å². The van der Waals surface area contributed by atoms with Crippen molar-refractivity contribution in [1.29, 1.82) is 0 Å². The van der Waals surface area contributed by atoms with Crippen molar-refractivity contribution in [2.75, 3.05) is 40.0 Å². The molecule has 30 heavy (non-hydrogen) atoms. The Morgan fingerprint density at radius 1 is 1.20 bits per heavy atom. The van der Waals surface area contributed by atoms with Crippen molar-refractivity contribution >= 4 is 24.1 Å². The van der Waals surface area contributed by atoms with Crippen LogP contribution in [0.2, 0.25) is 0 Å². The minimum absolute atomic E-state index is 0.0329. The first-order valence-corrected chi connectivity index (χ1v) is 14.2. The first-order valence-electron chi connectivity index (χ1n) is 11.1. The van der Waals surface area contributed by atoms with Gasteiger partial charge in [-0.3, -0.25) is 9.36 Å². The van der Waals surface area contributed by atoms with Crippen LogP contribution in [0.1, 0.15) is 65.2 Å². The number of unbranched alkanes of at least 4 members (excludes halogenated alkanes) is 5. The van der Waals surface area contributed by atoms with Crippen molar-refractivity contribution in [2.45, 2.75) is 77.4 Å².